The van der Waals surface area contributed by atoms with Crippen molar-refractivity contribution in [3.63, 3.8) is 0 Å². The van der Waals surface area contributed by atoms with Crippen molar-refractivity contribution in [1.82, 2.24) is 15.0 Å². The predicted octanol–water partition coefficient (Wildman–Crippen LogP) is 4.39. The number of rotatable bonds is 6. The first-order chi connectivity index (χ1) is 13.3. The van der Waals surface area contributed by atoms with Gasteiger partial charge in [0.25, 0.3) is 0 Å². The van der Waals surface area contributed by atoms with E-state index in [4.69, 9.17) is 4.74 Å². The van der Waals surface area contributed by atoms with E-state index in [1.165, 1.54) is 0 Å². The average Bonchev–Trinajstić information content (AvgIpc) is 2.73. The summed E-state index contributed by atoms with van der Waals surface area (Å²) in [5.41, 5.74) is 2.91. The largest absolute Gasteiger partial charge is 0.497 e. The molecule has 2 heterocycles. The van der Waals surface area contributed by atoms with Crippen molar-refractivity contribution >= 4 is 28.4 Å². The maximum atomic E-state index is 5.21. The quantitative estimate of drug-likeness (QED) is 0.533. The van der Waals surface area contributed by atoms with Crippen molar-refractivity contribution in [2.75, 3.05) is 17.7 Å². The first kappa shape index (κ1) is 16.8. The van der Waals surface area contributed by atoms with Gasteiger partial charge in [0.2, 0.25) is 5.95 Å². The normalized spacial score (nSPS) is 10.6. The lowest BCUT2D eigenvalue weighted by molar-refractivity contribution is 0.414. The van der Waals surface area contributed by atoms with Crippen LogP contribution in [0.1, 0.15) is 5.56 Å². The van der Waals surface area contributed by atoms with Gasteiger partial charge in [-0.1, -0.05) is 24.3 Å². The topological polar surface area (TPSA) is 72.0 Å². The monoisotopic (exact) mass is 357 g/mol. The van der Waals surface area contributed by atoms with Crippen molar-refractivity contribution in [2.24, 2.45) is 0 Å². The third-order valence-electron chi connectivity index (χ3n) is 4.16. The molecule has 0 spiro atoms. The first-order valence-electron chi connectivity index (χ1n) is 8.62. The van der Waals surface area contributed by atoms with Gasteiger partial charge in [-0.2, -0.15) is 4.98 Å². The minimum Gasteiger partial charge on any atom is -0.497 e. The van der Waals surface area contributed by atoms with E-state index < -0.39 is 0 Å². The van der Waals surface area contributed by atoms with Crippen molar-refractivity contribution in [2.45, 2.75) is 6.54 Å². The molecular formula is C21H19N5O. The van der Waals surface area contributed by atoms with Crippen LogP contribution in [0.25, 0.3) is 10.9 Å². The molecule has 6 nitrogen and oxygen atoms in total. The Hall–Kier alpha value is -3.67. The third-order valence-corrected chi connectivity index (χ3v) is 4.16. The van der Waals surface area contributed by atoms with Gasteiger partial charge >= 0.3 is 0 Å². The molecule has 0 aliphatic heterocycles. The van der Waals surface area contributed by atoms with Crippen molar-refractivity contribution in [1.29, 1.82) is 0 Å². The standard InChI is InChI=1S/C21H19N5O/c1-27-17-8-6-15(7-9-17)14-23-20-18-4-2-3-5-19(18)25-21(26-20)24-16-10-12-22-13-11-16/h2-13H,14H2,1H3,(H2,22,23,24,25,26). The van der Waals surface area contributed by atoms with Gasteiger partial charge in [0.05, 0.1) is 12.6 Å². The van der Waals surface area contributed by atoms with Crippen molar-refractivity contribution < 1.29 is 4.74 Å². The van der Waals surface area contributed by atoms with Gasteiger partial charge < -0.3 is 15.4 Å². The zero-order chi connectivity index (χ0) is 18.5. The van der Waals surface area contributed by atoms with E-state index in [2.05, 4.69) is 25.6 Å². The number of hydrogen-bond donors (Lipinski definition) is 2. The lowest BCUT2D eigenvalue weighted by Gasteiger charge is -2.12. The second kappa shape index (κ2) is 7.70. The number of ether oxygens (including phenoxy) is 1. The summed E-state index contributed by atoms with van der Waals surface area (Å²) in [5, 5.41) is 7.63. The lowest BCUT2D eigenvalue weighted by Crippen LogP contribution is -2.05. The molecule has 0 fully saturated rings. The summed E-state index contributed by atoms with van der Waals surface area (Å²) >= 11 is 0. The molecule has 0 radical (unpaired) electrons. The fraction of sp³-hybridized carbons (Fsp3) is 0.0952. The zero-order valence-electron chi connectivity index (χ0n) is 14.9. The van der Waals surface area contributed by atoms with Crippen LogP contribution in [0.15, 0.2) is 73.1 Å². The number of nitrogens with one attached hydrogen (secondary N) is 2. The minimum absolute atomic E-state index is 0.539. The fourth-order valence-electron chi connectivity index (χ4n) is 2.76. The Kier molecular flexibility index (Phi) is 4.78. The first-order valence-corrected chi connectivity index (χ1v) is 8.62. The van der Waals surface area contributed by atoms with Gasteiger partial charge in [0.1, 0.15) is 11.6 Å². The van der Waals surface area contributed by atoms with Gasteiger partial charge in [0.15, 0.2) is 0 Å². The van der Waals surface area contributed by atoms with Crippen molar-refractivity contribution in [3.8, 4) is 5.75 Å². The van der Waals surface area contributed by atoms with E-state index in [9.17, 15) is 0 Å². The summed E-state index contributed by atoms with van der Waals surface area (Å²) in [4.78, 5) is 13.3. The number of anilines is 3. The van der Waals surface area contributed by atoms with Crippen LogP contribution >= 0.6 is 0 Å². The van der Waals surface area contributed by atoms with E-state index in [1.807, 2.05) is 60.7 Å². The molecule has 0 bridgehead atoms. The van der Waals surface area contributed by atoms with E-state index in [1.54, 1.807) is 19.5 Å². The van der Waals surface area contributed by atoms with Crippen LogP contribution < -0.4 is 15.4 Å². The molecule has 0 aliphatic carbocycles. The van der Waals surface area contributed by atoms with Crippen LogP contribution in [0.5, 0.6) is 5.75 Å². The minimum atomic E-state index is 0.539. The number of para-hydroxylation sites is 1. The van der Waals surface area contributed by atoms with Crippen molar-refractivity contribution in [3.05, 3.63) is 78.6 Å². The second-order valence-corrected chi connectivity index (χ2v) is 5.98. The summed E-state index contributed by atoms with van der Waals surface area (Å²) < 4.78 is 5.21. The van der Waals surface area contributed by atoms with Gasteiger partial charge in [-0.05, 0) is 42.0 Å². The molecule has 4 rings (SSSR count). The Morgan fingerprint density at radius 1 is 0.889 bits per heavy atom. The van der Waals surface area contributed by atoms with E-state index in [0.717, 1.165) is 33.7 Å². The van der Waals surface area contributed by atoms with Crippen LogP contribution in [0.4, 0.5) is 17.5 Å². The van der Waals surface area contributed by atoms with Crippen LogP contribution in [0.2, 0.25) is 0 Å². The highest BCUT2D eigenvalue weighted by atomic mass is 16.5. The van der Waals surface area contributed by atoms with E-state index >= 15 is 0 Å². The maximum Gasteiger partial charge on any atom is 0.229 e. The molecular weight excluding hydrogens is 338 g/mol. The molecule has 0 aliphatic rings. The molecule has 0 amide bonds. The summed E-state index contributed by atoms with van der Waals surface area (Å²) in [6.07, 6.45) is 3.46. The summed E-state index contributed by atoms with van der Waals surface area (Å²) in [5.74, 6) is 2.17. The highest BCUT2D eigenvalue weighted by Gasteiger charge is 2.08. The molecule has 27 heavy (non-hydrogen) atoms. The zero-order valence-corrected chi connectivity index (χ0v) is 14.9. The number of nitrogens with zero attached hydrogens (tertiary/aromatic N) is 3. The summed E-state index contributed by atoms with van der Waals surface area (Å²) in [6, 6.07) is 19.7. The molecule has 0 atom stereocenters. The Balaban J connectivity index is 1.61. The molecule has 2 aromatic carbocycles. The summed E-state index contributed by atoms with van der Waals surface area (Å²) in [6.45, 7) is 0.652. The lowest BCUT2D eigenvalue weighted by atomic mass is 10.2. The Labute approximate surface area is 157 Å². The number of methoxy groups -OCH3 is 1. The number of hydrogen-bond acceptors (Lipinski definition) is 6. The van der Waals surface area contributed by atoms with Gasteiger partial charge in [-0.15, -0.1) is 0 Å². The molecule has 4 aromatic rings. The Morgan fingerprint density at radius 3 is 2.44 bits per heavy atom. The maximum absolute atomic E-state index is 5.21. The number of benzene rings is 2. The number of pyridine rings is 1. The second-order valence-electron chi connectivity index (χ2n) is 5.98. The Morgan fingerprint density at radius 2 is 1.67 bits per heavy atom. The molecule has 2 N–H and O–H groups in total. The molecule has 2 aromatic heterocycles. The van der Waals surface area contributed by atoms with Gasteiger partial charge in [-0.3, -0.25) is 4.98 Å². The van der Waals surface area contributed by atoms with Crippen LogP contribution in [-0.4, -0.2) is 22.1 Å². The van der Waals surface area contributed by atoms with Crippen LogP contribution in [0, 0.1) is 0 Å². The summed E-state index contributed by atoms with van der Waals surface area (Å²) in [7, 11) is 1.66. The SMILES string of the molecule is COc1ccc(CNc2nc(Nc3ccncc3)nc3ccccc23)cc1. The smallest absolute Gasteiger partial charge is 0.229 e. The molecule has 0 unspecified atom stereocenters. The Bertz CT molecular complexity index is 1040. The van der Waals surface area contributed by atoms with E-state index in [0.29, 0.717) is 12.5 Å². The molecule has 0 saturated carbocycles. The number of fused-ring (bicyclic) bond motifs is 1. The fourth-order valence-corrected chi connectivity index (χ4v) is 2.76. The van der Waals surface area contributed by atoms with E-state index in [-0.39, 0.29) is 0 Å². The van der Waals surface area contributed by atoms with Crippen LogP contribution in [-0.2, 0) is 6.54 Å². The molecule has 0 saturated heterocycles. The van der Waals surface area contributed by atoms with Gasteiger partial charge in [0, 0.05) is 30.0 Å². The molecule has 134 valence electrons. The predicted molar refractivity (Wildman–Crippen MR) is 107 cm³/mol. The highest BCUT2D eigenvalue weighted by Crippen LogP contribution is 2.24. The molecule has 6 heteroatoms. The average molecular weight is 357 g/mol. The highest BCUT2D eigenvalue weighted by molar-refractivity contribution is 5.90. The number of aromatic nitrogens is 3. The van der Waals surface area contributed by atoms with Gasteiger partial charge in [-0.25, -0.2) is 4.98 Å². The van der Waals surface area contributed by atoms with Crippen LogP contribution in [0.3, 0.4) is 0 Å². The third kappa shape index (κ3) is 3.95.